The van der Waals surface area contributed by atoms with Gasteiger partial charge < -0.3 is 32.3 Å². The highest BCUT2D eigenvalue weighted by molar-refractivity contribution is 7.12. The summed E-state index contributed by atoms with van der Waals surface area (Å²) in [4.78, 5) is 1.86. The zero-order chi connectivity index (χ0) is 32.6. The third-order valence-electron chi connectivity index (χ3n) is 6.77. The van der Waals surface area contributed by atoms with Crippen LogP contribution in [0.3, 0.4) is 0 Å². The minimum absolute atomic E-state index is 0.321. The van der Waals surface area contributed by atoms with Crippen LogP contribution in [0.25, 0.3) is 0 Å². The minimum atomic E-state index is -2.20. The molecule has 0 bridgehead atoms. The maximum Gasteiger partial charge on any atom is 0.230 e. The Bertz CT molecular complexity index is 1200. The van der Waals surface area contributed by atoms with Crippen molar-refractivity contribution in [2.24, 2.45) is 0 Å². The number of methoxy groups -OCH3 is 1. The van der Waals surface area contributed by atoms with Crippen molar-refractivity contribution in [2.75, 3.05) is 13.7 Å². The highest BCUT2D eigenvalue weighted by Crippen LogP contribution is 2.46. The monoisotopic (exact) mass is 684 g/mol. The van der Waals surface area contributed by atoms with Crippen molar-refractivity contribution in [3.8, 4) is 5.75 Å². The molecule has 0 saturated carbocycles. The molecule has 1 aromatic carbocycles. The van der Waals surface area contributed by atoms with E-state index in [9.17, 15) is 5.11 Å². The Morgan fingerprint density at radius 1 is 0.791 bits per heavy atom. The zero-order valence-corrected chi connectivity index (χ0v) is 33.7. The number of hydrogen-bond acceptors (Lipinski definition) is 8. The van der Waals surface area contributed by atoms with E-state index in [1.54, 1.807) is 18.4 Å². The van der Waals surface area contributed by atoms with Gasteiger partial charge in [0.25, 0.3) is 0 Å². The lowest BCUT2D eigenvalue weighted by atomic mass is 9.91. The average Bonchev–Trinajstić information content (AvgIpc) is 3.20. The summed E-state index contributed by atoms with van der Waals surface area (Å²) in [6.45, 7) is 28.4. The van der Waals surface area contributed by atoms with Gasteiger partial charge >= 0.3 is 0 Å². The Labute approximate surface area is 268 Å². The number of hydrogen-bond donors (Lipinski definition) is 1. The first-order valence-corrected chi connectivity index (χ1v) is 29.7. The summed E-state index contributed by atoms with van der Waals surface area (Å²) in [6, 6.07) is 10.2. The van der Waals surface area contributed by atoms with Crippen LogP contribution < -0.4 is 4.74 Å². The fourth-order valence-electron chi connectivity index (χ4n) is 5.08. The molecule has 1 N–H and O–H groups in total. The van der Waals surface area contributed by atoms with Crippen molar-refractivity contribution in [1.82, 2.24) is 0 Å². The van der Waals surface area contributed by atoms with E-state index in [-0.39, 0.29) is 0 Å². The summed E-state index contributed by atoms with van der Waals surface area (Å²) in [5.41, 5.74) is 2.32. The van der Waals surface area contributed by atoms with E-state index in [2.05, 4.69) is 104 Å². The number of thiophene rings is 1. The molecule has 1 aromatic heterocycles. The molecule has 7 nitrogen and oxygen atoms in total. The summed E-state index contributed by atoms with van der Waals surface area (Å²) >= 11 is 1.56. The Morgan fingerprint density at radius 2 is 1.33 bits per heavy atom. The third-order valence-corrected chi connectivity index (χ3v) is 11.9. The second-order valence-corrected chi connectivity index (χ2v) is 34.7. The standard InChI is InChI=1S/C31H56O7SSi4/c1-22-24(19-23-15-17-25(33-2)18-16-23)20-27(39-22)31(32)30(38-43(12,13)14)29(37-42(9,10)11)28(36-41(6,7)8)26(35-31)21-34-40(3,4)5/h15-18,20,26,28-30,32H,19,21H2,1-14H3/t26-,28-,29+,30-,31?/m1/s1. The van der Waals surface area contributed by atoms with Gasteiger partial charge in [-0.2, -0.15) is 0 Å². The molecule has 0 spiro atoms. The molecule has 1 fully saturated rings. The number of aliphatic hydroxyl groups is 1. The normalized spacial score (nSPS) is 25.7. The molecular formula is C31H56O7SSi4. The van der Waals surface area contributed by atoms with Gasteiger partial charge in [-0.15, -0.1) is 11.3 Å². The molecule has 1 unspecified atom stereocenters. The van der Waals surface area contributed by atoms with Crippen LogP contribution in [-0.2, 0) is 34.6 Å². The van der Waals surface area contributed by atoms with Crippen molar-refractivity contribution < 1.29 is 32.3 Å². The lowest BCUT2D eigenvalue weighted by Gasteiger charge is -2.54. The van der Waals surface area contributed by atoms with Crippen LogP contribution in [-0.4, -0.2) is 76.5 Å². The van der Waals surface area contributed by atoms with Gasteiger partial charge in [-0.25, -0.2) is 0 Å². The molecule has 1 aliphatic rings. The van der Waals surface area contributed by atoms with Gasteiger partial charge in [0.05, 0.1) is 18.6 Å². The van der Waals surface area contributed by atoms with Crippen molar-refractivity contribution in [2.45, 2.75) is 122 Å². The smallest absolute Gasteiger partial charge is 0.230 e. The van der Waals surface area contributed by atoms with Crippen LogP contribution in [0.1, 0.15) is 20.9 Å². The molecule has 0 radical (unpaired) electrons. The highest BCUT2D eigenvalue weighted by Gasteiger charge is 2.59. The third kappa shape index (κ3) is 10.7. The second-order valence-electron chi connectivity index (χ2n) is 15.5. The molecule has 1 saturated heterocycles. The fraction of sp³-hybridized carbons (Fsp3) is 0.677. The van der Waals surface area contributed by atoms with E-state index >= 15 is 0 Å². The van der Waals surface area contributed by atoms with Crippen LogP contribution in [0.2, 0.25) is 78.6 Å². The van der Waals surface area contributed by atoms with Gasteiger partial charge in [-0.05, 0) is 121 Å². The topological polar surface area (TPSA) is 75.6 Å². The molecule has 2 aromatic rings. The van der Waals surface area contributed by atoms with Crippen LogP contribution in [0, 0.1) is 6.92 Å². The minimum Gasteiger partial charge on any atom is -0.497 e. The predicted octanol–water partition coefficient (Wildman–Crippen LogP) is 7.71. The summed E-state index contributed by atoms with van der Waals surface area (Å²) < 4.78 is 39.4. The maximum absolute atomic E-state index is 12.8. The maximum atomic E-state index is 12.8. The Kier molecular flexibility index (Phi) is 11.6. The molecule has 3 rings (SSSR count). The number of ether oxygens (including phenoxy) is 2. The fourth-order valence-corrected chi connectivity index (χ4v) is 10.1. The van der Waals surface area contributed by atoms with Gasteiger partial charge in [0.15, 0.2) is 33.3 Å². The highest BCUT2D eigenvalue weighted by atomic mass is 32.1. The molecule has 43 heavy (non-hydrogen) atoms. The van der Waals surface area contributed by atoms with E-state index in [4.69, 9.17) is 27.2 Å². The first-order chi connectivity index (χ1) is 19.5. The molecule has 244 valence electrons. The Morgan fingerprint density at radius 3 is 1.81 bits per heavy atom. The zero-order valence-electron chi connectivity index (χ0n) is 28.9. The van der Waals surface area contributed by atoms with Gasteiger partial charge in [0.2, 0.25) is 5.79 Å². The van der Waals surface area contributed by atoms with Crippen molar-refractivity contribution in [3.63, 3.8) is 0 Å². The average molecular weight is 685 g/mol. The van der Waals surface area contributed by atoms with E-state index in [1.807, 2.05) is 12.1 Å². The lowest BCUT2D eigenvalue weighted by molar-refractivity contribution is -0.347. The van der Waals surface area contributed by atoms with Crippen molar-refractivity contribution in [1.29, 1.82) is 0 Å². The summed E-state index contributed by atoms with van der Waals surface area (Å²) in [6.07, 6.45) is -1.51. The van der Waals surface area contributed by atoms with Gasteiger partial charge in [-0.3, -0.25) is 0 Å². The van der Waals surface area contributed by atoms with Crippen LogP contribution >= 0.6 is 11.3 Å². The molecule has 5 atom stereocenters. The van der Waals surface area contributed by atoms with Gasteiger partial charge in [0.1, 0.15) is 30.2 Å². The van der Waals surface area contributed by atoms with Crippen molar-refractivity contribution in [3.05, 3.63) is 51.2 Å². The Balaban J connectivity index is 2.15. The summed E-state index contributed by atoms with van der Waals surface area (Å²) in [5.74, 6) is -0.900. The first-order valence-electron chi connectivity index (χ1n) is 15.3. The van der Waals surface area contributed by atoms with Crippen LogP contribution in [0.4, 0.5) is 0 Å². The molecular weight excluding hydrogens is 629 g/mol. The van der Waals surface area contributed by atoms with E-state index in [1.165, 1.54) is 5.56 Å². The number of rotatable bonds is 13. The molecule has 1 aliphatic heterocycles. The van der Waals surface area contributed by atoms with Gasteiger partial charge in [0, 0.05) is 4.88 Å². The molecule has 2 heterocycles. The number of aryl methyl sites for hydroxylation is 1. The first kappa shape index (κ1) is 36.8. The van der Waals surface area contributed by atoms with Gasteiger partial charge in [-0.1, -0.05) is 12.1 Å². The van der Waals surface area contributed by atoms with Crippen molar-refractivity contribution >= 4 is 44.6 Å². The predicted molar refractivity (Wildman–Crippen MR) is 188 cm³/mol. The van der Waals surface area contributed by atoms with E-state index in [0.717, 1.165) is 27.5 Å². The van der Waals surface area contributed by atoms with Crippen LogP contribution in [0.15, 0.2) is 30.3 Å². The van der Waals surface area contributed by atoms with Crippen LogP contribution in [0.5, 0.6) is 5.75 Å². The second kappa shape index (κ2) is 13.6. The molecule has 0 amide bonds. The summed E-state index contributed by atoms with van der Waals surface area (Å²) in [7, 11) is -6.63. The van der Waals surface area contributed by atoms with E-state index < -0.39 is 63.5 Å². The largest absolute Gasteiger partial charge is 0.497 e. The lowest BCUT2D eigenvalue weighted by Crippen LogP contribution is -2.69. The molecule has 0 aliphatic carbocycles. The number of benzene rings is 1. The quantitative estimate of drug-likeness (QED) is 0.217. The molecule has 12 heteroatoms. The van der Waals surface area contributed by atoms with E-state index in [0.29, 0.717) is 6.61 Å². The summed E-state index contributed by atoms with van der Waals surface area (Å²) in [5, 5.41) is 12.8. The SMILES string of the molecule is COc1ccc(Cc2cc(C3(O)O[C@H](CO[Si](C)(C)C)[C@@H](O[Si](C)(C)C)[C@H](O[Si](C)(C)C)[C@H]3O[Si](C)(C)C)sc2C)cc1. The Hall–Kier alpha value is -0.652.